The average Bonchev–Trinajstić information content (AvgIpc) is 2.99. The second-order valence-corrected chi connectivity index (χ2v) is 7.53. The third kappa shape index (κ3) is 3.13. The lowest BCUT2D eigenvalue weighted by Crippen LogP contribution is -2.23. The van der Waals surface area contributed by atoms with Gasteiger partial charge in [-0.3, -0.25) is 4.79 Å². The highest BCUT2D eigenvalue weighted by atomic mass is 79.9. The second kappa shape index (κ2) is 7.02. The molecular formula is C20H16BrClN2O3. The third-order valence-corrected chi connectivity index (χ3v) is 5.51. The Balaban J connectivity index is 1.72. The summed E-state index contributed by atoms with van der Waals surface area (Å²) in [5, 5.41) is 1.18. The highest BCUT2D eigenvalue weighted by Crippen LogP contribution is 2.36. The van der Waals surface area contributed by atoms with Gasteiger partial charge >= 0.3 is 0 Å². The Bertz CT molecular complexity index is 1070. The molecule has 138 valence electrons. The highest BCUT2D eigenvalue weighted by Gasteiger charge is 2.32. The van der Waals surface area contributed by atoms with E-state index >= 15 is 0 Å². The summed E-state index contributed by atoms with van der Waals surface area (Å²) >= 11 is 9.82. The number of nitrogens with zero attached hydrogens (tertiary/aromatic N) is 2. The predicted molar refractivity (Wildman–Crippen MR) is 108 cm³/mol. The molecule has 7 heteroatoms. The smallest absolute Gasteiger partial charge is 0.255 e. The first-order chi connectivity index (χ1) is 13.0. The molecule has 0 atom stereocenters. The molecule has 5 nitrogen and oxygen atoms in total. The van der Waals surface area contributed by atoms with E-state index in [1.54, 1.807) is 19.1 Å². The quantitative estimate of drug-likeness (QED) is 0.538. The minimum Gasteiger partial charge on any atom is -0.497 e. The van der Waals surface area contributed by atoms with Crippen molar-refractivity contribution in [2.24, 2.45) is 0 Å². The number of carbonyl (C=O) groups is 1. The van der Waals surface area contributed by atoms with Crippen LogP contribution in [0.25, 0.3) is 10.9 Å². The van der Waals surface area contributed by atoms with Gasteiger partial charge in [-0.15, -0.1) is 0 Å². The van der Waals surface area contributed by atoms with Crippen LogP contribution in [0.2, 0.25) is 5.15 Å². The van der Waals surface area contributed by atoms with Crippen molar-refractivity contribution in [3.63, 3.8) is 0 Å². The molecule has 3 aromatic rings. The van der Waals surface area contributed by atoms with Crippen molar-refractivity contribution in [2.45, 2.75) is 13.1 Å². The van der Waals surface area contributed by atoms with Crippen LogP contribution in [0.4, 0.5) is 0 Å². The average molecular weight is 448 g/mol. The lowest BCUT2D eigenvalue weighted by Gasteiger charge is -2.18. The highest BCUT2D eigenvalue weighted by molar-refractivity contribution is 9.10. The topological polar surface area (TPSA) is 51.7 Å². The number of amides is 1. The summed E-state index contributed by atoms with van der Waals surface area (Å²) < 4.78 is 11.6. The predicted octanol–water partition coefficient (Wildman–Crippen LogP) is 4.82. The van der Waals surface area contributed by atoms with Crippen molar-refractivity contribution in [3.05, 3.63) is 62.7 Å². The number of pyridine rings is 1. The minimum absolute atomic E-state index is 0.0560. The normalized spacial score (nSPS) is 13.2. The van der Waals surface area contributed by atoms with Crippen molar-refractivity contribution in [2.75, 3.05) is 14.2 Å². The largest absolute Gasteiger partial charge is 0.497 e. The van der Waals surface area contributed by atoms with E-state index in [0.717, 1.165) is 21.0 Å². The molecule has 1 aliphatic rings. The molecule has 1 amide bonds. The summed E-state index contributed by atoms with van der Waals surface area (Å²) in [5.74, 6) is 1.33. The summed E-state index contributed by atoms with van der Waals surface area (Å²) in [6.45, 7) is 0.830. The van der Waals surface area contributed by atoms with E-state index in [4.69, 9.17) is 21.1 Å². The molecular weight excluding hydrogens is 432 g/mol. The Labute approximate surface area is 170 Å². The molecule has 4 rings (SSSR count). The maximum absolute atomic E-state index is 13.1. The molecule has 2 aromatic carbocycles. The second-order valence-electron chi connectivity index (χ2n) is 6.26. The van der Waals surface area contributed by atoms with Crippen LogP contribution in [0.3, 0.4) is 0 Å². The monoisotopic (exact) mass is 446 g/mol. The lowest BCUT2D eigenvalue weighted by atomic mass is 10.1. The summed E-state index contributed by atoms with van der Waals surface area (Å²) in [6.07, 6.45) is 0. The van der Waals surface area contributed by atoms with Crippen LogP contribution in [-0.4, -0.2) is 30.0 Å². The van der Waals surface area contributed by atoms with Crippen molar-refractivity contribution in [3.8, 4) is 11.5 Å². The van der Waals surface area contributed by atoms with E-state index in [1.807, 2.05) is 36.4 Å². The fourth-order valence-corrected chi connectivity index (χ4v) is 3.97. The maximum atomic E-state index is 13.1. The van der Waals surface area contributed by atoms with Crippen LogP contribution in [0.5, 0.6) is 11.5 Å². The molecule has 0 bridgehead atoms. The van der Waals surface area contributed by atoms with Gasteiger partial charge < -0.3 is 14.4 Å². The van der Waals surface area contributed by atoms with E-state index in [2.05, 4.69) is 20.9 Å². The number of hydrogen-bond donors (Lipinski definition) is 0. The van der Waals surface area contributed by atoms with Crippen LogP contribution in [0, 0.1) is 0 Å². The SMILES string of the molecule is COc1ccc(CN2Cc3c(Cl)nc4cc(Br)ccc4c3C2=O)c(OC)c1. The van der Waals surface area contributed by atoms with E-state index in [-0.39, 0.29) is 5.91 Å². The Kier molecular flexibility index (Phi) is 4.70. The molecule has 0 radical (unpaired) electrons. The Morgan fingerprint density at radius 3 is 2.74 bits per heavy atom. The van der Waals surface area contributed by atoms with E-state index in [9.17, 15) is 4.79 Å². The summed E-state index contributed by atoms with van der Waals surface area (Å²) in [7, 11) is 3.21. The molecule has 27 heavy (non-hydrogen) atoms. The molecule has 0 unspecified atom stereocenters. The van der Waals surface area contributed by atoms with E-state index in [0.29, 0.717) is 40.8 Å². The summed E-state index contributed by atoms with van der Waals surface area (Å²) in [5.41, 5.74) is 3.00. The van der Waals surface area contributed by atoms with E-state index < -0.39 is 0 Å². The summed E-state index contributed by atoms with van der Waals surface area (Å²) in [6, 6.07) is 11.2. The third-order valence-electron chi connectivity index (χ3n) is 4.70. The fraction of sp³-hybridized carbons (Fsp3) is 0.200. The van der Waals surface area contributed by atoms with Gasteiger partial charge in [0.1, 0.15) is 16.7 Å². The fourth-order valence-electron chi connectivity index (χ4n) is 3.37. The Hall–Kier alpha value is -2.31. The van der Waals surface area contributed by atoms with Gasteiger partial charge in [0.2, 0.25) is 0 Å². The number of hydrogen-bond acceptors (Lipinski definition) is 4. The van der Waals surface area contributed by atoms with Crippen molar-refractivity contribution in [1.29, 1.82) is 0 Å². The van der Waals surface area contributed by atoms with Crippen molar-refractivity contribution >= 4 is 44.3 Å². The van der Waals surface area contributed by atoms with Gasteiger partial charge in [-0.2, -0.15) is 0 Å². The lowest BCUT2D eigenvalue weighted by molar-refractivity contribution is 0.0767. The number of rotatable bonds is 4. The van der Waals surface area contributed by atoms with Crippen molar-refractivity contribution < 1.29 is 14.3 Å². The van der Waals surface area contributed by atoms with Gasteiger partial charge in [0.05, 0.1) is 31.8 Å². The molecule has 0 saturated heterocycles. The first-order valence-corrected chi connectivity index (χ1v) is 9.46. The molecule has 0 saturated carbocycles. The Morgan fingerprint density at radius 1 is 1.19 bits per heavy atom. The van der Waals surface area contributed by atoms with Gasteiger partial charge in [0, 0.05) is 33.6 Å². The van der Waals surface area contributed by atoms with Crippen LogP contribution in [-0.2, 0) is 13.1 Å². The van der Waals surface area contributed by atoms with Gasteiger partial charge in [-0.05, 0) is 24.3 Å². The zero-order valence-electron chi connectivity index (χ0n) is 14.8. The minimum atomic E-state index is -0.0560. The summed E-state index contributed by atoms with van der Waals surface area (Å²) in [4.78, 5) is 19.3. The number of halogens is 2. The van der Waals surface area contributed by atoms with Crippen LogP contribution >= 0.6 is 27.5 Å². The first kappa shape index (κ1) is 18.1. The number of aromatic nitrogens is 1. The van der Waals surface area contributed by atoms with Gasteiger partial charge in [-0.1, -0.05) is 33.6 Å². The standard InChI is InChI=1S/C20H16BrClN2O3/c1-26-13-5-3-11(17(8-13)27-2)9-24-10-15-18(20(24)25)14-6-4-12(21)7-16(14)23-19(15)22/h3-8H,9-10H2,1-2H3. The molecule has 1 aliphatic heterocycles. The van der Waals surface area contributed by atoms with Gasteiger partial charge in [0.15, 0.2) is 0 Å². The number of ether oxygens (including phenoxy) is 2. The number of fused-ring (bicyclic) bond motifs is 3. The first-order valence-electron chi connectivity index (χ1n) is 8.29. The molecule has 0 spiro atoms. The number of benzene rings is 2. The molecule has 2 heterocycles. The van der Waals surface area contributed by atoms with E-state index in [1.165, 1.54) is 0 Å². The van der Waals surface area contributed by atoms with Crippen molar-refractivity contribution in [1.82, 2.24) is 9.88 Å². The van der Waals surface area contributed by atoms with Gasteiger partial charge in [-0.25, -0.2) is 4.98 Å². The zero-order valence-corrected chi connectivity index (χ0v) is 17.1. The van der Waals surface area contributed by atoms with Gasteiger partial charge in [0.25, 0.3) is 5.91 Å². The maximum Gasteiger partial charge on any atom is 0.255 e. The van der Waals surface area contributed by atoms with Crippen LogP contribution in [0.15, 0.2) is 40.9 Å². The molecule has 0 fully saturated rings. The zero-order chi connectivity index (χ0) is 19.1. The molecule has 0 aliphatic carbocycles. The number of carbonyl (C=O) groups excluding carboxylic acids is 1. The van der Waals surface area contributed by atoms with Crippen LogP contribution in [0.1, 0.15) is 21.5 Å². The Morgan fingerprint density at radius 2 is 2.00 bits per heavy atom. The van der Waals surface area contributed by atoms with Crippen LogP contribution < -0.4 is 9.47 Å². The molecule has 0 N–H and O–H groups in total. The molecule has 1 aromatic heterocycles. The number of methoxy groups -OCH3 is 2.